The molecule has 0 aliphatic rings. The van der Waals surface area contributed by atoms with E-state index in [0.717, 1.165) is 33.3 Å². The summed E-state index contributed by atoms with van der Waals surface area (Å²) in [6.07, 6.45) is 0. The molecule has 0 aliphatic carbocycles. The molecule has 0 spiro atoms. The molecule has 0 atom stereocenters. The molecule has 0 radical (unpaired) electrons. The molecule has 4 heterocycles. The van der Waals surface area contributed by atoms with Gasteiger partial charge in [-0.3, -0.25) is 4.57 Å². The lowest BCUT2D eigenvalue weighted by molar-refractivity contribution is 1.08. The maximum absolute atomic E-state index is 5.49. The van der Waals surface area contributed by atoms with Crippen LogP contribution < -0.4 is 0 Å². The Kier molecular flexibility index (Phi) is 6.02. The highest BCUT2D eigenvalue weighted by Crippen LogP contribution is 2.47. The van der Waals surface area contributed by atoms with Gasteiger partial charge in [0.15, 0.2) is 5.82 Å². The fourth-order valence-corrected chi connectivity index (χ4v) is 8.86. The molecule has 250 valence electrons. The average molecular weight is 687 g/mol. The van der Waals surface area contributed by atoms with Crippen LogP contribution in [0, 0.1) is 0 Å². The van der Waals surface area contributed by atoms with Gasteiger partial charge in [-0.25, -0.2) is 9.97 Å². The first-order chi connectivity index (χ1) is 26.8. The first kappa shape index (κ1) is 29.3. The summed E-state index contributed by atoms with van der Waals surface area (Å²) in [7, 11) is 0. The van der Waals surface area contributed by atoms with Gasteiger partial charge in [0.1, 0.15) is 5.82 Å². The summed E-state index contributed by atoms with van der Waals surface area (Å²) >= 11 is 0. The zero-order valence-electron chi connectivity index (χ0n) is 29.1. The van der Waals surface area contributed by atoms with Gasteiger partial charge < -0.3 is 4.40 Å². The molecular formula is C50H30N4. The predicted molar refractivity (Wildman–Crippen MR) is 225 cm³/mol. The van der Waals surface area contributed by atoms with E-state index < -0.39 is 0 Å². The van der Waals surface area contributed by atoms with Crippen LogP contribution in [0.5, 0.6) is 0 Å². The number of hydrogen-bond acceptors (Lipinski definition) is 2. The van der Waals surface area contributed by atoms with Crippen LogP contribution in [-0.2, 0) is 0 Å². The Bertz CT molecular complexity index is 3410. The van der Waals surface area contributed by atoms with Crippen molar-refractivity contribution in [2.75, 3.05) is 0 Å². The van der Waals surface area contributed by atoms with Crippen molar-refractivity contribution >= 4 is 70.8 Å². The van der Waals surface area contributed by atoms with E-state index in [4.69, 9.17) is 9.97 Å². The molecule has 0 aliphatic heterocycles. The highest BCUT2D eigenvalue weighted by Gasteiger charge is 2.25. The SMILES string of the molecule is c1ccc(-c2ccc(-c3nc(-n4c5ccc(-c6ccccc6)cc5c5c6c7ccccc7n7c8ccccc8c(cc54)c67)c4ccccc4n3)cc2)cc1. The summed E-state index contributed by atoms with van der Waals surface area (Å²) in [6, 6.07) is 65.2. The van der Waals surface area contributed by atoms with Crippen LogP contribution in [0.2, 0.25) is 0 Å². The monoisotopic (exact) mass is 686 g/mol. The summed E-state index contributed by atoms with van der Waals surface area (Å²) in [6.45, 7) is 0. The molecule has 54 heavy (non-hydrogen) atoms. The molecule has 12 aromatic rings. The fraction of sp³-hybridized carbons (Fsp3) is 0. The smallest absolute Gasteiger partial charge is 0.162 e. The Labute approximate surface area is 310 Å². The van der Waals surface area contributed by atoms with Crippen molar-refractivity contribution in [2.45, 2.75) is 0 Å². The largest absolute Gasteiger partial charge is 0.308 e. The maximum atomic E-state index is 5.49. The van der Waals surface area contributed by atoms with Crippen LogP contribution in [-0.4, -0.2) is 18.9 Å². The van der Waals surface area contributed by atoms with E-state index in [-0.39, 0.29) is 0 Å². The molecule has 12 rings (SSSR count). The van der Waals surface area contributed by atoms with Crippen molar-refractivity contribution in [1.82, 2.24) is 18.9 Å². The third-order valence-electron chi connectivity index (χ3n) is 11.3. The number of aromatic nitrogens is 4. The summed E-state index contributed by atoms with van der Waals surface area (Å²) in [5.74, 6) is 1.57. The van der Waals surface area contributed by atoms with E-state index >= 15 is 0 Å². The Morgan fingerprint density at radius 2 is 0.907 bits per heavy atom. The number of rotatable bonds is 4. The number of para-hydroxylation sites is 3. The lowest BCUT2D eigenvalue weighted by Gasteiger charge is -2.13. The Hall–Kier alpha value is -7.30. The second-order valence-electron chi connectivity index (χ2n) is 14.2. The second kappa shape index (κ2) is 11.1. The molecule has 0 fully saturated rings. The molecular weight excluding hydrogens is 657 g/mol. The van der Waals surface area contributed by atoms with Crippen molar-refractivity contribution in [2.24, 2.45) is 0 Å². The maximum Gasteiger partial charge on any atom is 0.162 e. The Morgan fingerprint density at radius 1 is 0.333 bits per heavy atom. The van der Waals surface area contributed by atoms with Gasteiger partial charge >= 0.3 is 0 Å². The van der Waals surface area contributed by atoms with Crippen LogP contribution in [0.3, 0.4) is 0 Å². The normalized spacial score (nSPS) is 12.1. The number of benzene rings is 8. The van der Waals surface area contributed by atoms with Crippen LogP contribution in [0.25, 0.3) is 110 Å². The molecule has 0 bridgehead atoms. The second-order valence-corrected chi connectivity index (χ2v) is 14.2. The first-order valence-corrected chi connectivity index (χ1v) is 18.4. The summed E-state index contributed by atoms with van der Waals surface area (Å²) in [4.78, 5) is 10.6. The van der Waals surface area contributed by atoms with E-state index in [1.54, 1.807) is 0 Å². The molecule has 0 unspecified atom stereocenters. The standard InChI is InChI=1S/C50H30N4/c1-3-13-31(14-4-1)33-23-25-34(26-24-33)49-51-41-20-10-7-18-37(41)50(52-49)54-44-28-27-35(32-15-5-2-6-16-32)29-40(44)46-45(54)30-39-36-17-8-11-21-42(36)53-43-22-12-9-19-38(43)47(46)48(39)53/h1-30H. The number of nitrogens with zero attached hydrogens (tertiary/aromatic N) is 4. The van der Waals surface area contributed by atoms with Crippen LogP contribution in [0.4, 0.5) is 0 Å². The topological polar surface area (TPSA) is 35.1 Å². The highest BCUT2D eigenvalue weighted by atomic mass is 15.1. The summed E-state index contributed by atoms with van der Waals surface area (Å²) in [5.41, 5.74) is 12.6. The predicted octanol–water partition coefficient (Wildman–Crippen LogP) is 12.9. The van der Waals surface area contributed by atoms with Crippen molar-refractivity contribution < 1.29 is 0 Å². The lowest BCUT2D eigenvalue weighted by Crippen LogP contribution is -2.02. The van der Waals surface area contributed by atoms with E-state index in [1.165, 1.54) is 71.1 Å². The van der Waals surface area contributed by atoms with E-state index in [2.05, 4.69) is 191 Å². The lowest BCUT2D eigenvalue weighted by atomic mass is 9.99. The van der Waals surface area contributed by atoms with Gasteiger partial charge in [0.05, 0.1) is 33.1 Å². The van der Waals surface area contributed by atoms with Gasteiger partial charge in [0, 0.05) is 43.3 Å². The quantitative estimate of drug-likeness (QED) is 0.185. The van der Waals surface area contributed by atoms with Gasteiger partial charge in [-0.05, 0) is 64.7 Å². The fourth-order valence-electron chi connectivity index (χ4n) is 8.86. The minimum Gasteiger partial charge on any atom is -0.308 e. The van der Waals surface area contributed by atoms with Crippen molar-refractivity contribution in [3.05, 3.63) is 182 Å². The zero-order valence-corrected chi connectivity index (χ0v) is 29.1. The molecule has 4 heteroatoms. The van der Waals surface area contributed by atoms with Gasteiger partial charge in [-0.2, -0.15) is 0 Å². The van der Waals surface area contributed by atoms with Crippen molar-refractivity contribution in [3.8, 4) is 39.5 Å². The van der Waals surface area contributed by atoms with E-state index in [1.807, 2.05) is 0 Å². The van der Waals surface area contributed by atoms with Gasteiger partial charge in [-0.1, -0.05) is 140 Å². The van der Waals surface area contributed by atoms with Gasteiger partial charge in [0.25, 0.3) is 0 Å². The van der Waals surface area contributed by atoms with Crippen molar-refractivity contribution in [1.29, 1.82) is 0 Å². The van der Waals surface area contributed by atoms with Crippen LogP contribution in [0.15, 0.2) is 182 Å². The molecule has 0 amide bonds. The summed E-state index contributed by atoms with van der Waals surface area (Å²) in [5, 5.41) is 8.47. The van der Waals surface area contributed by atoms with E-state index in [9.17, 15) is 0 Å². The Morgan fingerprint density at radius 3 is 1.67 bits per heavy atom. The number of fused-ring (bicyclic) bond motifs is 11. The molecule has 4 nitrogen and oxygen atoms in total. The average Bonchev–Trinajstić information content (AvgIpc) is 3.88. The van der Waals surface area contributed by atoms with E-state index in [0.29, 0.717) is 5.82 Å². The number of hydrogen-bond donors (Lipinski definition) is 0. The molecule has 0 saturated carbocycles. The molecule has 4 aromatic heterocycles. The minimum absolute atomic E-state index is 0.701. The zero-order chi connectivity index (χ0) is 35.3. The van der Waals surface area contributed by atoms with Crippen molar-refractivity contribution in [3.63, 3.8) is 0 Å². The Balaban J connectivity index is 1.23. The molecule has 0 N–H and O–H groups in total. The first-order valence-electron chi connectivity index (χ1n) is 18.4. The van der Waals surface area contributed by atoms with Gasteiger partial charge in [-0.15, -0.1) is 0 Å². The minimum atomic E-state index is 0.701. The summed E-state index contributed by atoms with van der Waals surface area (Å²) < 4.78 is 4.87. The van der Waals surface area contributed by atoms with Gasteiger partial charge in [0.2, 0.25) is 0 Å². The third kappa shape index (κ3) is 4.08. The molecule has 0 saturated heterocycles. The molecule has 8 aromatic carbocycles. The third-order valence-corrected chi connectivity index (χ3v) is 11.3. The van der Waals surface area contributed by atoms with Crippen LogP contribution >= 0.6 is 0 Å². The highest BCUT2D eigenvalue weighted by molar-refractivity contribution is 6.36. The van der Waals surface area contributed by atoms with Crippen LogP contribution in [0.1, 0.15) is 0 Å².